The summed E-state index contributed by atoms with van der Waals surface area (Å²) in [5, 5.41) is 0.964. The summed E-state index contributed by atoms with van der Waals surface area (Å²) in [6.45, 7) is 3.80. The lowest BCUT2D eigenvalue weighted by Gasteiger charge is -2.32. The van der Waals surface area contributed by atoms with Crippen molar-refractivity contribution in [2.45, 2.75) is 13.0 Å². The molecule has 28 heavy (non-hydrogen) atoms. The number of nitrogens with zero attached hydrogens (tertiary/aromatic N) is 5. The van der Waals surface area contributed by atoms with Crippen LogP contribution >= 0.6 is 11.3 Å². The minimum absolute atomic E-state index is 0.0444. The summed E-state index contributed by atoms with van der Waals surface area (Å²) in [6.07, 6.45) is 5.02. The van der Waals surface area contributed by atoms with E-state index in [0.717, 1.165) is 27.0 Å². The number of rotatable bonds is 2. The predicted octanol–water partition coefficient (Wildman–Crippen LogP) is 3.16. The SMILES string of the molecule is C[C@@H]1COCCN1C(=O)c1cc2ccc(-c3cnc4nccnc4c3)nc2s1. The van der Waals surface area contributed by atoms with Crippen LogP contribution in [0.1, 0.15) is 16.6 Å². The molecule has 1 amide bonds. The molecule has 0 aromatic carbocycles. The van der Waals surface area contributed by atoms with E-state index in [-0.39, 0.29) is 11.9 Å². The molecule has 0 bridgehead atoms. The lowest BCUT2D eigenvalue weighted by Crippen LogP contribution is -2.46. The molecule has 4 aromatic rings. The van der Waals surface area contributed by atoms with Crippen molar-refractivity contribution in [1.82, 2.24) is 24.8 Å². The Morgan fingerprint density at radius 2 is 2.11 bits per heavy atom. The Hall–Kier alpha value is -2.97. The van der Waals surface area contributed by atoms with Gasteiger partial charge in [0.2, 0.25) is 0 Å². The first-order valence-electron chi connectivity index (χ1n) is 9.05. The highest BCUT2D eigenvalue weighted by Gasteiger charge is 2.26. The molecule has 5 rings (SSSR count). The van der Waals surface area contributed by atoms with E-state index in [0.29, 0.717) is 30.3 Å². The second-order valence-corrected chi connectivity index (χ2v) is 7.78. The Kier molecular flexibility index (Phi) is 4.22. The minimum atomic E-state index is 0.0444. The zero-order valence-corrected chi connectivity index (χ0v) is 16.0. The third-order valence-electron chi connectivity index (χ3n) is 4.84. The molecular formula is C20H17N5O2S. The summed E-state index contributed by atoms with van der Waals surface area (Å²) in [5.41, 5.74) is 3.01. The van der Waals surface area contributed by atoms with Gasteiger partial charge in [0.25, 0.3) is 5.91 Å². The van der Waals surface area contributed by atoms with E-state index in [2.05, 4.69) is 15.0 Å². The number of carbonyl (C=O) groups is 1. The molecule has 1 atom stereocenters. The van der Waals surface area contributed by atoms with Crippen LogP contribution in [-0.4, -0.2) is 56.5 Å². The number of ether oxygens (including phenoxy) is 1. The summed E-state index contributed by atoms with van der Waals surface area (Å²) in [4.78, 5) is 33.9. The normalized spacial score (nSPS) is 17.3. The number of carbonyl (C=O) groups excluding carboxylic acids is 1. The van der Waals surface area contributed by atoms with Crippen LogP contribution in [0.15, 0.2) is 42.9 Å². The first kappa shape index (κ1) is 17.2. The first-order chi connectivity index (χ1) is 13.7. The Morgan fingerprint density at radius 3 is 3.00 bits per heavy atom. The van der Waals surface area contributed by atoms with Crippen molar-refractivity contribution in [2.24, 2.45) is 0 Å². The van der Waals surface area contributed by atoms with Crippen LogP contribution < -0.4 is 0 Å². The van der Waals surface area contributed by atoms with Gasteiger partial charge in [0.05, 0.1) is 29.8 Å². The Labute approximate surface area is 165 Å². The van der Waals surface area contributed by atoms with Crippen LogP contribution in [0.25, 0.3) is 32.6 Å². The number of hydrogen-bond donors (Lipinski definition) is 0. The molecular weight excluding hydrogens is 374 g/mol. The van der Waals surface area contributed by atoms with E-state index in [4.69, 9.17) is 9.72 Å². The maximum absolute atomic E-state index is 12.9. The Bertz CT molecular complexity index is 1190. The molecule has 7 nitrogen and oxygen atoms in total. The van der Waals surface area contributed by atoms with Gasteiger partial charge in [0.15, 0.2) is 5.65 Å². The number of morpholine rings is 1. The molecule has 0 radical (unpaired) electrons. The summed E-state index contributed by atoms with van der Waals surface area (Å²) < 4.78 is 5.43. The van der Waals surface area contributed by atoms with Gasteiger partial charge in [-0.15, -0.1) is 11.3 Å². The van der Waals surface area contributed by atoms with Crippen molar-refractivity contribution < 1.29 is 9.53 Å². The van der Waals surface area contributed by atoms with E-state index in [9.17, 15) is 4.79 Å². The summed E-state index contributed by atoms with van der Waals surface area (Å²) in [7, 11) is 0. The first-order valence-corrected chi connectivity index (χ1v) is 9.87. The molecule has 0 saturated carbocycles. The van der Waals surface area contributed by atoms with Gasteiger partial charge in [-0.25, -0.2) is 15.0 Å². The average Bonchev–Trinajstić information content (AvgIpc) is 3.16. The average molecular weight is 391 g/mol. The molecule has 0 unspecified atom stereocenters. The highest BCUT2D eigenvalue weighted by molar-refractivity contribution is 7.20. The molecule has 8 heteroatoms. The van der Waals surface area contributed by atoms with E-state index in [1.165, 1.54) is 11.3 Å². The van der Waals surface area contributed by atoms with Gasteiger partial charge in [0, 0.05) is 36.1 Å². The number of thiophene rings is 1. The number of hydrogen-bond acceptors (Lipinski definition) is 7. The fraction of sp³-hybridized carbons (Fsp3) is 0.250. The van der Waals surface area contributed by atoms with E-state index >= 15 is 0 Å². The van der Waals surface area contributed by atoms with Crippen LogP contribution in [0.2, 0.25) is 0 Å². The molecule has 0 aliphatic carbocycles. The summed E-state index contributed by atoms with van der Waals surface area (Å²) >= 11 is 1.42. The Balaban J connectivity index is 1.50. The number of pyridine rings is 2. The van der Waals surface area contributed by atoms with Crippen molar-refractivity contribution in [1.29, 1.82) is 0 Å². The van der Waals surface area contributed by atoms with Gasteiger partial charge in [-0.3, -0.25) is 9.78 Å². The third-order valence-corrected chi connectivity index (χ3v) is 5.88. The summed E-state index contributed by atoms with van der Waals surface area (Å²) in [6, 6.07) is 7.87. The predicted molar refractivity (Wildman–Crippen MR) is 107 cm³/mol. The summed E-state index contributed by atoms with van der Waals surface area (Å²) in [5.74, 6) is 0.0444. The molecule has 1 fully saturated rings. The van der Waals surface area contributed by atoms with Crippen molar-refractivity contribution in [3.63, 3.8) is 0 Å². The van der Waals surface area contributed by atoms with E-state index in [1.807, 2.05) is 36.1 Å². The van der Waals surface area contributed by atoms with Gasteiger partial charge in [-0.05, 0) is 31.2 Å². The van der Waals surface area contributed by atoms with E-state index < -0.39 is 0 Å². The standard InChI is InChI=1S/C20H17N5O2S/c1-12-11-27-7-6-25(12)20(26)17-9-13-2-3-15(24-19(13)28-17)14-8-16-18(23-10-14)22-5-4-21-16/h2-5,8-10,12H,6-7,11H2,1H3/t12-/m1/s1. The highest BCUT2D eigenvalue weighted by atomic mass is 32.1. The van der Waals surface area contributed by atoms with Crippen LogP contribution in [0.4, 0.5) is 0 Å². The third kappa shape index (κ3) is 3.00. The number of aromatic nitrogens is 4. The number of amides is 1. The van der Waals surface area contributed by atoms with Gasteiger partial charge >= 0.3 is 0 Å². The van der Waals surface area contributed by atoms with E-state index in [1.54, 1.807) is 18.6 Å². The van der Waals surface area contributed by atoms with Gasteiger partial charge in [0.1, 0.15) is 10.3 Å². The molecule has 140 valence electrons. The Morgan fingerprint density at radius 1 is 1.21 bits per heavy atom. The maximum Gasteiger partial charge on any atom is 0.264 e. The van der Waals surface area contributed by atoms with Gasteiger partial charge in [-0.2, -0.15) is 0 Å². The molecule has 4 aromatic heterocycles. The van der Waals surface area contributed by atoms with Crippen LogP contribution in [0, 0.1) is 0 Å². The molecule has 0 spiro atoms. The van der Waals surface area contributed by atoms with Crippen molar-refractivity contribution >= 4 is 38.6 Å². The fourth-order valence-electron chi connectivity index (χ4n) is 3.35. The largest absolute Gasteiger partial charge is 0.377 e. The molecule has 5 heterocycles. The van der Waals surface area contributed by atoms with Crippen molar-refractivity contribution in [3.05, 3.63) is 47.7 Å². The smallest absolute Gasteiger partial charge is 0.264 e. The zero-order chi connectivity index (χ0) is 19.1. The highest BCUT2D eigenvalue weighted by Crippen LogP contribution is 2.29. The van der Waals surface area contributed by atoms with Crippen LogP contribution in [-0.2, 0) is 4.74 Å². The lowest BCUT2D eigenvalue weighted by molar-refractivity contribution is 0.00387. The van der Waals surface area contributed by atoms with Gasteiger partial charge < -0.3 is 9.64 Å². The number of fused-ring (bicyclic) bond motifs is 2. The molecule has 1 aliphatic rings. The zero-order valence-electron chi connectivity index (χ0n) is 15.2. The van der Waals surface area contributed by atoms with Crippen molar-refractivity contribution in [2.75, 3.05) is 19.8 Å². The monoisotopic (exact) mass is 391 g/mol. The quantitative estimate of drug-likeness (QED) is 0.522. The topological polar surface area (TPSA) is 81.1 Å². The minimum Gasteiger partial charge on any atom is -0.377 e. The van der Waals surface area contributed by atoms with Crippen LogP contribution in [0.3, 0.4) is 0 Å². The molecule has 1 aliphatic heterocycles. The van der Waals surface area contributed by atoms with Crippen LogP contribution in [0.5, 0.6) is 0 Å². The second-order valence-electron chi connectivity index (χ2n) is 6.75. The lowest BCUT2D eigenvalue weighted by atomic mass is 10.1. The van der Waals surface area contributed by atoms with Gasteiger partial charge in [-0.1, -0.05) is 0 Å². The maximum atomic E-state index is 12.9. The fourth-order valence-corrected chi connectivity index (χ4v) is 4.34. The molecule has 0 N–H and O–H groups in total. The second kappa shape index (κ2) is 6.88. The van der Waals surface area contributed by atoms with Crippen molar-refractivity contribution in [3.8, 4) is 11.3 Å². The molecule has 1 saturated heterocycles.